The second-order valence-corrected chi connectivity index (χ2v) is 4.21. The van der Waals surface area contributed by atoms with Crippen LogP contribution in [0.1, 0.15) is 25.5 Å². The molecule has 2 heterocycles. The number of carbonyl (C=O) groups excluding carboxylic acids is 1. The van der Waals surface area contributed by atoms with Crippen LogP contribution in [-0.4, -0.2) is 29.8 Å². The molecule has 0 saturated carbocycles. The van der Waals surface area contributed by atoms with Crippen LogP contribution in [0.3, 0.4) is 0 Å². The van der Waals surface area contributed by atoms with Crippen LogP contribution in [0.2, 0.25) is 0 Å². The number of hydrogen-bond donors (Lipinski definition) is 0. The zero-order valence-electron chi connectivity index (χ0n) is 9.11. The molecule has 0 N–H and O–H groups in total. The largest absolute Gasteiger partial charge is 0.469 e. The lowest BCUT2D eigenvalue weighted by atomic mass is 10.1. The van der Waals surface area contributed by atoms with Crippen LogP contribution in [0, 0.1) is 0 Å². The zero-order valence-corrected chi connectivity index (χ0v) is 9.11. The first-order valence-electron chi connectivity index (χ1n) is 5.54. The summed E-state index contributed by atoms with van der Waals surface area (Å²) in [5.41, 5.74) is 0. The van der Waals surface area contributed by atoms with Crippen molar-refractivity contribution in [3.63, 3.8) is 0 Å². The van der Waals surface area contributed by atoms with E-state index in [2.05, 4.69) is 11.8 Å². The minimum atomic E-state index is 0.399. The summed E-state index contributed by atoms with van der Waals surface area (Å²) >= 11 is 0. The summed E-state index contributed by atoms with van der Waals surface area (Å²) in [7, 11) is 0. The van der Waals surface area contributed by atoms with Gasteiger partial charge < -0.3 is 4.42 Å². The SMILES string of the molecule is CC(Cc1ccco1)N1CCC(=O)CC1. The number of likely N-dealkylation sites (tertiary alicyclic amines) is 1. The molecule has 1 saturated heterocycles. The second-order valence-electron chi connectivity index (χ2n) is 4.21. The predicted molar refractivity (Wildman–Crippen MR) is 57.7 cm³/mol. The van der Waals surface area contributed by atoms with E-state index in [-0.39, 0.29) is 0 Å². The maximum atomic E-state index is 11.1. The molecule has 0 spiro atoms. The number of furan rings is 1. The monoisotopic (exact) mass is 207 g/mol. The van der Waals surface area contributed by atoms with Crippen LogP contribution in [0.15, 0.2) is 22.8 Å². The maximum Gasteiger partial charge on any atom is 0.135 e. The highest BCUT2D eigenvalue weighted by Gasteiger charge is 2.21. The molecule has 82 valence electrons. The van der Waals surface area contributed by atoms with Gasteiger partial charge in [0.1, 0.15) is 11.5 Å². The van der Waals surface area contributed by atoms with Crippen LogP contribution in [-0.2, 0) is 11.2 Å². The number of hydrogen-bond acceptors (Lipinski definition) is 3. The fraction of sp³-hybridized carbons (Fsp3) is 0.583. The van der Waals surface area contributed by atoms with Crippen LogP contribution in [0.25, 0.3) is 0 Å². The minimum Gasteiger partial charge on any atom is -0.469 e. The van der Waals surface area contributed by atoms with E-state index in [1.165, 1.54) is 0 Å². The Morgan fingerprint density at radius 1 is 1.47 bits per heavy atom. The van der Waals surface area contributed by atoms with Crippen molar-refractivity contribution in [3.8, 4) is 0 Å². The van der Waals surface area contributed by atoms with E-state index in [1.54, 1.807) is 6.26 Å². The van der Waals surface area contributed by atoms with Crippen LogP contribution < -0.4 is 0 Å². The molecule has 0 aliphatic carbocycles. The Labute approximate surface area is 90.1 Å². The Morgan fingerprint density at radius 2 is 2.20 bits per heavy atom. The molecule has 0 bridgehead atoms. The second kappa shape index (κ2) is 4.62. The summed E-state index contributed by atoms with van der Waals surface area (Å²) < 4.78 is 5.32. The van der Waals surface area contributed by atoms with E-state index in [9.17, 15) is 4.79 Å². The Balaban J connectivity index is 1.85. The van der Waals surface area contributed by atoms with Gasteiger partial charge in [-0.05, 0) is 19.1 Å². The third-order valence-corrected chi connectivity index (χ3v) is 3.06. The molecule has 1 aliphatic rings. The van der Waals surface area contributed by atoms with Gasteiger partial charge in [0.25, 0.3) is 0 Å². The number of ketones is 1. The Bertz CT molecular complexity index is 308. The molecule has 1 aliphatic heterocycles. The Morgan fingerprint density at radius 3 is 2.80 bits per heavy atom. The van der Waals surface area contributed by atoms with Crippen molar-refractivity contribution < 1.29 is 9.21 Å². The van der Waals surface area contributed by atoms with E-state index in [0.29, 0.717) is 24.7 Å². The van der Waals surface area contributed by atoms with Crippen LogP contribution in [0.5, 0.6) is 0 Å². The molecular weight excluding hydrogens is 190 g/mol. The van der Waals surface area contributed by atoms with Gasteiger partial charge >= 0.3 is 0 Å². The van der Waals surface area contributed by atoms with Gasteiger partial charge in [0.05, 0.1) is 6.26 Å². The standard InChI is InChI=1S/C12H17NO2/c1-10(9-12-3-2-8-15-12)13-6-4-11(14)5-7-13/h2-3,8,10H,4-7,9H2,1H3. The first-order valence-corrected chi connectivity index (χ1v) is 5.54. The quantitative estimate of drug-likeness (QED) is 0.758. The van der Waals surface area contributed by atoms with E-state index < -0.39 is 0 Å². The van der Waals surface area contributed by atoms with Crippen molar-refractivity contribution in [2.45, 2.75) is 32.2 Å². The van der Waals surface area contributed by atoms with Gasteiger partial charge in [-0.15, -0.1) is 0 Å². The number of nitrogens with zero attached hydrogens (tertiary/aromatic N) is 1. The molecule has 1 fully saturated rings. The Kier molecular flexibility index (Phi) is 3.21. The molecule has 1 atom stereocenters. The normalized spacial score (nSPS) is 20.5. The number of carbonyl (C=O) groups is 1. The van der Waals surface area contributed by atoms with Gasteiger partial charge in [0, 0.05) is 38.4 Å². The lowest BCUT2D eigenvalue weighted by Gasteiger charge is -2.31. The molecule has 0 amide bonds. The van der Waals surface area contributed by atoms with Crippen LogP contribution >= 0.6 is 0 Å². The molecule has 1 unspecified atom stereocenters. The molecule has 15 heavy (non-hydrogen) atoms. The first kappa shape index (κ1) is 10.4. The summed E-state index contributed by atoms with van der Waals surface area (Å²) in [4.78, 5) is 13.5. The van der Waals surface area contributed by atoms with Crippen molar-refractivity contribution in [2.75, 3.05) is 13.1 Å². The highest BCUT2D eigenvalue weighted by atomic mass is 16.3. The van der Waals surface area contributed by atoms with Gasteiger partial charge in [-0.2, -0.15) is 0 Å². The van der Waals surface area contributed by atoms with Gasteiger partial charge in [-0.25, -0.2) is 0 Å². The lowest BCUT2D eigenvalue weighted by molar-refractivity contribution is -0.121. The van der Waals surface area contributed by atoms with Crippen molar-refractivity contribution in [1.29, 1.82) is 0 Å². The van der Waals surface area contributed by atoms with E-state index in [4.69, 9.17) is 4.42 Å². The van der Waals surface area contributed by atoms with E-state index in [1.807, 2.05) is 12.1 Å². The van der Waals surface area contributed by atoms with Crippen molar-refractivity contribution >= 4 is 5.78 Å². The van der Waals surface area contributed by atoms with Crippen molar-refractivity contribution in [1.82, 2.24) is 4.90 Å². The number of piperidine rings is 1. The highest BCUT2D eigenvalue weighted by Crippen LogP contribution is 2.14. The van der Waals surface area contributed by atoms with Gasteiger partial charge in [-0.3, -0.25) is 9.69 Å². The van der Waals surface area contributed by atoms with Gasteiger partial charge in [0.15, 0.2) is 0 Å². The molecule has 1 aromatic heterocycles. The van der Waals surface area contributed by atoms with Gasteiger partial charge in [-0.1, -0.05) is 0 Å². The van der Waals surface area contributed by atoms with E-state index in [0.717, 1.165) is 25.3 Å². The average Bonchev–Trinajstić information content (AvgIpc) is 2.71. The fourth-order valence-corrected chi connectivity index (χ4v) is 2.06. The third-order valence-electron chi connectivity index (χ3n) is 3.06. The summed E-state index contributed by atoms with van der Waals surface area (Å²) in [6.07, 6.45) is 4.06. The molecule has 1 aromatic rings. The highest BCUT2D eigenvalue weighted by molar-refractivity contribution is 5.79. The topological polar surface area (TPSA) is 33.5 Å². The van der Waals surface area contributed by atoms with Gasteiger partial charge in [0.2, 0.25) is 0 Å². The molecule has 0 aromatic carbocycles. The maximum absolute atomic E-state index is 11.1. The van der Waals surface area contributed by atoms with E-state index >= 15 is 0 Å². The molecular formula is C12H17NO2. The van der Waals surface area contributed by atoms with Crippen molar-refractivity contribution in [2.24, 2.45) is 0 Å². The average molecular weight is 207 g/mol. The third kappa shape index (κ3) is 2.69. The molecule has 2 rings (SSSR count). The minimum absolute atomic E-state index is 0.399. The lowest BCUT2D eigenvalue weighted by Crippen LogP contribution is -2.41. The predicted octanol–water partition coefficient (Wildman–Crippen LogP) is 1.88. The smallest absolute Gasteiger partial charge is 0.135 e. The summed E-state index contributed by atoms with van der Waals surface area (Å²) in [6.45, 7) is 4.00. The number of rotatable bonds is 3. The van der Waals surface area contributed by atoms with Crippen molar-refractivity contribution in [3.05, 3.63) is 24.2 Å². The Hall–Kier alpha value is -1.09. The summed E-state index contributed by atoms with van der Waals surface area (Å²) in [5, 5.41) is 0. The van der Waals surface area contributed by atoms with Crippen LogP contribution in [0.4, 0.5) is 0 Å². The molecule has 3 heteroatoms. The summed E-state index contributed by atoms with van der Waals surface area (Å²) in [6, 6.07) is 4.39. The summed E-state index contributed by atoms with van der Waals surface area (Å²) in [5.74, 6) is 1.43. The first-order chi connectivity index (χ1) is 7.25. The zero-order chi connectivity index (χ0) is 10.7. The molecule has 0 radical (unpaired) electrons. The molecule has 3 nitrogen and oxygen atoms in total. The number of Topliss-reactive ketones (excluding diaryl/α,β-unsaturated/α-hetero) is 1. The fourth-order valence-electron chi connectivity index (χ4n) is 2.06.